The quantitative estimate of drug-likeness (QED) is 0.0577. The van der Waals surface area contributed by atoms with E-state index in [0.29, 0.717) is 11.3 Å². The molecule has 4 saturated heterocycles. The minimum absolute atomic E-state index is 0.0106. The van der Waals surface area contributed by atoms with Gasteiger partial charge in [0.05, 0.1) is 76.8 Å². The summed E-state index contributed by atoms with van der Waals surface area (Å²) in [6, 6.07) is 0. The van der Waals surface area contributed by atoms with Gasteiger partial charge in [0.15, 0.2) is 25.2 Å². The Kier molecular flexibility index (Phi) is 26.5. The average Bonchev–Trinajstić information content (AvgIpc) is 1.93. The van der Waals surface area contributed by atoms with Crippen molar-refractivity contribution in [3.8, 4) is 0 Å². The summed E-state index contributed by atoms with van der Waals surface area (Å²) in [5.41, 5.74) is 0.725. The van der Waals surface area contributed by atoms with E-state index >= 15 is 0 Å². The first-order chi connectivity index (χ1) is 41.0. The second-order valence-corrected chi connectivity index (χ2v) is 27.5. The predicted molar refractivity (Wildman–Crippen MR) is 311 cm³/mol. The Balaban J connectivity index is 0.942. The summed E-state index contributed by atoms with van der Waals surface area (Å²) in [6.45, 7) is 10.9. The second kappa shape index (κ2) is 32.1. The van der Waals surface area contributed by atoms with Crippen LogP contribution in [0, 0.1) is 81.8 Å². The first-order valence-electron chi connectivity index (χ1n) is 32.4. The van der Waals surface area contributed by atoms with Crippen LogP contribution in [0.3, 0.4) is 0 Å². The van der Waals surface area contributed by atoms with Gasteiger partial charge in [0.2, 0.25) is 0 Å². The molecule has 0 spiro atoms. The highest BCUT2D eigenvalue weighted by molar-refractivity contribution is 5.10. The van der Waals surface area contributed by atoms with Gasteiger partial charge in [0.1, 0.15) is 42.7 Å². The Hall–Kier alpha value is -0.840. The van der Waals surface area contributed by atoms with Crippen molar-refractivity contribution in [2.45, 2.75) is 210 Å². The number of hydrogen-bond donors (Lipinski definition) is 5. The first kappa shape index (κ1) is 70.0. The topological polar surface area (TPSA) is 249 Å². The normalized spacial score (nSPS) is 46.2. The second-order valence-electron chi connectivity index (χ2n) is 27.5. The van der Waals surface area contributed by atoms with Gasteiger partial charge < -0.3 is 101 Å². The number of aliphatic hydroxyl groups is 5. The van der Waals surface area contributed by atoms with Crippen molar-refractivity contribution >= 4 is 0 Å². The maximum Gasteiger partial charge on any atom is 0.185 e. The number of hydrogen-bond acceptors (Lipinski definition) is 21. The molecule has 29 atom stereocenters. The van der Waals surface area contributed by atoms with Gasteiger partial charge in [0.25, 0.3) is 0 Å². The van der Waals surface area contributed by atoms with Gasteiger partial charge in [-0.25, -0.2) is 0 Å². The zero-order chi connectivity index (χ0) is 61.3. The number of aliphatic hydroxyl groups excluding tert-OH is 5. The smallest absolute Gasteiger partial charge is 0.185 e. The Morgan fingerprint density at radius 2 is 0.835 bits per heavy atom. The molecule has 0 radical (unpaired) electrons. The SMILES string of the molecule is COCC1O[C@H](O[C@@H]2C(COC)O[C@H](O[C@@H]3C(COC)O[C@H](O[C@@H]4C(COC)O[C@@H](O[C@H]5CC[C@@]6(C)[C@@H](CC[C@@H]7[C@@H]6CC[C@]6(C)[C@@H](C(C)CCCC(C)C)CC[C@@H]76)C5)C(OC)[C@H]4CO)C(OC)[C@H]3CO)C(OC)[C@H]2CO)C(OC)[C@@H](CO)[C@@H]1CO. The number of rotatable bonds is 30. The van der Waals surface area contributed by atoms with Crippen LogP contribution in [-0.2, 0) is 75.8 Å². The van der Waals surface area contributed by atoms with Crippen LogP contribution in [0.2, 0.25) is 0 Å². The summed E-state index contributed by atoms with van der Waals surface area (Å²) in [5.74, 6) is 1.94. The van der Waals surface area contributed by atoms with Crippen molar-refractivity contribution in [2.75, 3.05) is 116 Å². The van der Waals surface area contributed by atoms with Crippen LogP contribution in [0.25, 0.3) is 0 Å². The monoisotopic (exact) mass is 1220 g/mol. The molecule has 9 unspecified atom stereocenters. The zero-order valence-corrected chi connectivity index (χ0v) is 53.8. The molecule has 496 valence electrons. The molecule has 0 aromatic rings. The van der Waals surface area contributed by atoms with Crippen molar-refractivity contribution in [3.05, 3.63) is 0 Å². The summed E-state index contributed by atoms with van der Waals surface area (Å²) >= 11 is 0. The molecule has 21 nitrogen and oxygen atoms in total. The van der Waals surface area contributed by atoms with E-state index in [4.69, 9.17) is 75.8 Å². The Morgan fingerprint density at radius 3 is 1.27 bits per heavy atom. The lowest BCUT2D eigenvalue weighted by molar-refractivity contribution is -0.386. The summed E-state index contributed by atoms with van der Waals surface area (Å²) in [5, 5.41) is 54.8. The lowest BCUT2D eigenvalue weighted by Crippen LogP contribution is -2.66. The van der Waals surface area contributed by atoms with Crippen molar-refractivity contribution in [1.82, 2.24) is 0 Å². The van der Waals surface area contributed by atoms with Crippen LogP contribution >= 0.6 is 0 Å². The molecular formula is C64H114O21. The van der Waals surface area contributed by atoms with Crippen molar-refractivity contribution in [3.63, 3.8) is 0 Å². The van der Waals surface area contributed by atoms with Crippen LogP contribution in [-0.4, -0.2) is 240 Å². The van der Waals surface area contributed by atoms with Crippen molar-refractivity contribution in [1.29, 1.82) is 0 Å². The fourth-order valence-corrected chi connectivity index (χ4v) is 18.6. The van der Waals surface area contributed by atoms with Gasteiger partial charge in [-0.1, -0.05) is 53.9 Å². The summed E-state index contributed by atoms with van der Waals surface area (Å²) in [7, 11) is 12.2. The molecular weight excluding hydrogens is 1100 g/mol. The van der Waals surface area contributed by atoms with Crippen LogP contribution in [0.5, 0.6) is 0 Å². The van der Waals surface area contributed by atoms with Crippen LogP contribution in [0.4, 0.5) is 0 Å². The van der Waals surface area contributed by atoms with Crippen molar-refractivity contribution < 1.29 is 101 Å². The first-order valence-corrected chi connectivity index (χ1v) is 32.4. The fourth-order valence-electron chi connectivity index (χ4n) is 18.6. The van der Waals surface area contributed by atoms with Crippen molar-refractivity contribution in [2.24, 2.45) is 81.8 Å². The molecule has 8 fully saturated rings. The average molecular weight is 1220 g/mol. The van der Waals surface area contributed by atoms with Crippen LogP contribution in [0.15, 0.2) is 0 Å². The molecule has 0 amide bonds. The van der Waals surface area contributed by atoms with Gasteiger partial charge >= 0.3 is 0 Å². The standard InChI is InChI=1S/C64H114O21/c1-35(2)15-14-16-36(3)45-19-20-46-39-18-17-37-25-38(21-23-63(37,4)47(39)22-24-64(45,46)5)78-59-56(75-11)42(28-67)52(49(80-59)32-71-7)84-61-58(77-13)44(30-69)54(51(82-61)34-73-9)85-62-57(76-12)43(29-68)53(50(81-62)33-72-8)83-60-55(74-10)41(27-66)40(26-65)48(79-60)31-70-6/h35-62,65-69H,14-34H2,1-13H3/t36?,37-,38-,39-,40-,41-,42-,43-,44-,45+,46-,47-,48?,49?,50?,51?,52-,53-,54-,55?,56?,57?,58?,59+,60+,61+,62+,63-,64+/m0/s1. The lowest BCUT2D eigenvalue weighted by Gasteiger charge is -2.61. The molecule has 85 heavy (non-hydrogen) atoms. The van der Waals surface area contributed by atoms with E-state index in [2.05, 4.69) is 34.6 Å². The molecule has 4 heterocycles. The zero-order valence-electron chi connectivity index (χ0n) is 53.8. The van der Waals surface area contributed by atoms with E-state index in [0.717, 1.165) is 54.8 Å². The largest absolute Gasteiger partial charge is 0.396 e. The van der Waals surface area contributed by atoms with Gasteiger partial charge in [-0.15, -0.1) is 0 Å². The van der Waals surface area contributed by atoms with E-state index in [1.54, 1.807) is 14.2 Å². The highest BCUT2D eigenvalue weighted by Crippen LogP contribution is 2.68. The minimum atomic E-state index is -1.19. The summed E-state index contributed by atoms with van der Waals surface area (Å²) in [4.78, 5) is 0. The minimum Gasteiger partial charge on any atom is -0.396 e. The molecule has 4 aliphatic heterocycles. The number of ether oxygens (including phenoxy) is 16. The fraction of sp³-hybridized carbons (Fsp3) is 1.00. The molecule has 8 aliphatic rings. The third kappa shape index (κ3) is 14.7. The molecule has 4 saturated carbocycles. The number of fused-ring (bicyclic) bond motifs is 5. The molecule has 0 bridgehead atoms. The van der Waals surface area contributed by atoms with Gasteiger partial charge in [-0.3, -0.25) is 0 Å². The van der Waals surface area contributed by atoms with E-state index in [1.807, 2.05) is 0 Å². The Bertz CT molecular complexity index is 1940. The lowest BCUT2D eigenvalue weighted by atomic mass is 9.44. The van der Waals surface area contributed by atoms with Gasteiger partial charge in [-0.05, 0) is 110 Å². The Labute approximate surface area is 507 Å². The predicted octanol–water partition coefficient (Wildman–Crippen LogP) is 5.24. The molecule has 5 N–H and O–H groups in total. The third-order valence-electron chi connectivity index (χ3n) is 22.9. The number of methoxy groups -OCH3 is 8. The van der Waals surface area contributed by atoms with E-state index in [-0.39, 0.29) is 57.8 Å². The molecule has 21 heteroatoms. The highest BCUT2D eigenvalue weighted by atomic mass is 16.8. The van der Waals surface area contributed by atoms with E-state index in [9.17, 15) is 25.5 Å². The maximum absolute atomic E-state index is 11.4. The Morgan fingerprint density at radius 1 is 0.424 bits per heavy atom. The molecule has 0 aromatic heterocycles. The molecule has 4 aliphatic carbocycles. The highest BCUT2D eigenvalue weighted by Gasteiger charge is 2.62. The summed E-state index contributed by atoms with van der Waals surface area (Å²) < 4.78 is 101. The van der Waals surface area contributed by atoms with Crippen LogP contribution < -0.4 is 0 Å². The summed E-state index contributed by atoms with van der Waals surface area (Å²) in [6.07, 6.45) is 1.36. The third-order valence-corrected chi connectivity index (χ3v) is 22.9. The maximum atomic E-state index is 11.4. The molecule has 0 aromatic carbocycles. The van der Waals surface area contributed by atoms with Gasteiger partial charge in [0, 0.05) is 99.7 Å². The molecule has 8 rings (SSSR count). The van der Waals surface area contributed by atoms with E-state index in [1.165, 1.54) is 100 Å². The van der Waals surface area contributed by atoms with Gasteiger partial charge in [-0.2, -0.15) is 0 Å². The van der Waals surface area contributed by atoms with Crippen LogP contribution in [0.1, 0.15) is 112 Å². The van der Waals surface area contributed by atoms with E-state index < -0.39 is 135 Å².